The topological polar surface area (TPSA) is 102 Å². The van der Waals surface area contributed by atoms with Crippen LogP contribution in [0.15, 0.2) is 0 Å². The quantitative estimate of drug-likeness (QED) is 0.0480. The van der Waals surface area contributed by atoms with Crippen molar-refractivity contribution in [2.45, 2.75) is 277 Å². The molecular formula is C51H100N2O6S. The Hall–Kier alpha value is -1.19. The van der Waals surface area contributed by atoms with E-state index in [2.05, 4.69) is 37.3 Å². The number of unbranched alkanes of at least 4 members (excludes halogenated alkanes) is 23. The van der Waals surface area contributed by atoms with Gasteiger partial charge >= 0.3 is 11.9 Å². The molecule has 0 aromatic carbocycles. The van der Waals surface area contributed by atoms with Crippen molar-refractivity contribution in [2.24, 2.45) is 5.92 Å². The second kappa shape index (κ2) is 40.6. The number of carbonyl (C=O) groups excluding carboxylic acids is 2. The highest BCUT2D eigenvalue weighted by Gasteiger charge is 2.27. The lowest BCUT2D eigenvalue weighted by molar-refractivity contribution is -0.150. The molecule has 1 atom stereocenters. The van der Waals surface area contributed by atoms with Crippen molar-refractivity contribution < 1.29 is 27.5 Å². The van der Waals surface area contributed by atoms with Crippen LogP contribution < -0.4 is 4.72 Å². The Morgan fingerprint density at radius 2 is 0.867 bits per heavy atom. The van der Waals surface area contributed by atoms with E-state index in [1.807, 2.05) is 0 Å². The van der Waals surface area contributed by atoms with Crippen LogP contribution in [0.2, 0.25) is 0 Å². The summed E-state index contributed by atoms with van der Waals surface area (Å²) >= 11 is 0. The molecular weight excluding hydrogens is 769 g/mol. The Kier molecular flexibility index (Phi) is 38.4. The van der Waals surface area contributed by atoms with Crippen molar-refractivity contribution in [3.63, 3.8) is 0 Å². The van der Waals surface area contributed by atoms with Crippen LogP contribution in [0.1, 0.15) is 265 Å². The van der Waals surface area contributed by atoms with Crippen molar-refractivity contribution >= 4 is 22.0 Å². The van der Waals surface area contributed by atoms with Gasteiger partial charge in [-0.2, -0.15) is 0 Å². The molecule has 356 valence electrons. The third-order valence-corrected chi connectivity index (χ3v) is 14.1. The molecule has 1 aliphatic rings. The van der Waals surface area contributed by atoms with Gasteiger partial charge in [-0.25, -0.2) is 13.1 Å². The molecule has 1 fully saturated rings. The van der Waals surface area contributed by atoms with Gasteiger partial charge in [-0.15, -0.1) is 0 Å². The van der Waals surface area contributed by atoms with Crippen LogP contribution in [0.25, 0.3) is 0 Å². The number of carbonyl (C=O) groups is 2. The molecule has 0 spiro atoms. The van der Waals surface area contributed by atoms with Gasteiger partial charge in [-0.3, -0.25) is 9.59 Å². The van der Waals surface area contributed by atoms with Crippen LogP contribution in [-0.2, 0) is 29.1 Å². The second-order valence-electron chi connectivity index (χ2n) is 18.7. The minimum atomic E-state index is -3.16. The first-order chi connectivity index (χ1) is 29.2. The molecule has 1 rings (SSSR count). The standard InChI is InChI=1S/C51H100N2O6S/c1-5-9-12-15-20-27-35-48(8-4)58-50(54)38-30-23-18-25-32-43-53(45-34-42-52-60(56,57)46-47-40-41-47)44-33-26-19-24-31-39-51(55)59-49(36-28-21-16-13-10-6-2)37-29-22-17-14-11-7-3/h47-49,52H,5-46H2,1-4H3. The van der Waals surface area contributed by atoms with Gasteiger partial charge in [0.05, 0.1) is 5.75 Å². The van der Waals surface area contributed by atoms with Crippen LogP contribution in [0.5, 0.6) is 0 Å². The van der Waals surface area contributed by atoms with Crippen molar-refractivity contribution in [3.8, 4) is 0 Å². The first-order valence-corrected chi connectivity index (χ1v) is 28.0. The minimum Gasteiger partial charge on any atom is -0.462 e. The van der Waals surface area contributed by atoms with Gasteiger partial charge in [0.15, 0.2) is 0 Å². The molecule has 0 aliphatic heterocycles. The first kappa shape index (κ1) is 56.8. The molecule has 60 heavy (non-hydrogen) atoms. The Morgan fingerprint density at radius 1 is 0.500 bits per heavy atom. The fourth-order valence-electron chi connectivity index (χ4n) is 8.34. The molecule has 0 bridgehead atoms. The molecule has 8 nitrogen and oxygen atoms in total. The maximum Gasteiger partial charge on any atom is 0.306 e. The summed E-state index contributed by atoms with van der Waals surface area (Å²) in [5, 5.41) is 0. The Labute approximate surface area is 373 Å². The van der Waals surface area contributed by atoms with E-state index in [4.69, 9.17) is 9.47 Å². The van der Waals surface area contributed by atoms with Crippen LogP contribution in [0.3, 0.4) is 0 Å². The number of hydrogen-bond donors (Lipinski definition) is 1. The number of nitrogens with one attached hydrogen (secondary N) is 1. The van der Waals surface area contributed by atoms with Crippen LogP contribution in [0.4, 0.5) is 0 Å². The predicted octanol–water partition coefficient (Wildman–Crippen LogP) is 14.2. The van der Waals surface area contributed by atoms with E-state index in [1.54, 1.807) is 0 Å². The average Bonchev–Trinajstić information content (AvgIpc) is 4.04. The highest BCUT2D eigenvalue weighted by Crippen LogP contribution is 2.30. The van der Waals surface area contributed by atoms with Crippen LogP contribution in [0, 0.1) is 5.92 Å². The maximum absolute atomic E-state index is 12.9. The SMILES string of the molecule is CCCCCCCCC(CC)OC(=O)CCCCCCCN(CCCCCCCC(=O)OC(CCCCCCCC)CCCCCCCC)CCCNS(=O)(=O)CC1CC1. The van der Waals surface area contributed by atoms with E-state index >= 15 is 0 Å². The molecule has 9 heteroatoms. The van der Waals surface area contributed by atoms with Gasteiger partial charge in [-0.1, -0.05) is 163 Å². The van der Waals surface area contributed by atoms with E-state index in [0.29, 0.717) is 25.3 Å². The molecule has 1 aliphatic carbocycles. The third kappa shape index (κ3) is 37.4. The molecule has 1 N–H and O–H groups in total. The zero-order chi connectivity index (χ0) is 43.8. The molecule has 0 radical (unpaired) electrons. The highest BCUT2D eigenvalue weighted by atomic mass is 32.2. The summed E-state index contributed by atoms with van der Waals surface area (Å²) in [7, 11) is -3.16. The van der Waals surface area contributed by atoms with E-state index in [0.717, 1.165) is 135 Å². The summed E-state index contributed by atoms with van der Waals surface area (Å²) in [5.74, 6) is 0.613. The van der Waals surface area contributed by atoms with Crippen molar-refractivity contribution in [1.29, 1.82) is 0 Å². The Bertz CT molecular complexity index is 1070. The van der Waals surface area contributed by atoms with E-state index in [9.17, 15) is 18.0 Å². The summed E-state index contributed by atoms with van der Waals surface area (Å²) < 4.78 is 39.5. The van der Waals surface area contributed by atoms with Crippen molar-refractivity contribution in [3.05, 3.63) is 0 Å². The summed E-state index contributed by atoms with van der Waals surface area (Å²) in [6, 6.07) is 0. The molecule has 1 unspecified atom stereocenters. The van der Waals surface area contributed by atoms with E-state index in [1.165, 1.54) is 109 Å². The first-order valence-electron chi connectivity index (χ1n) is 26.3. The Balaban J connectivity index is 2.36. The number of sulfonamides is 1. The van der Waals surface area contributed by atoms with E-state index in [-0.39, 0.29) is 29.9 Å². The number of rotatable bonds is 47. The number of esters is 2. The third-order valence-electron chi connectivity index (χ3n) is 12.5. The summed E-state index contributed by atoms with van der Waals surface area (Å²) in [5.41, 5.74) is 0. The zero-order valence-electron chi connectivity index (χ0n) is 40.2. The van der Waals surface area contributed by atoms with Gasteiger partial charge in [0.25, 0.3) is 0 Å². The monoisotopic (exact) mass is 869 g/mol. The summed E-state index contributed by atoms with van der Waals surface area (Å²) in [6.45, 7) is 12.3. The minimum absolute atomic E-state index is 0.000219. The summed E-state index contributed by atoms with van der Waals surface area (Å²) in [4.78, 5) is 27.9. The molecule has 0 aromatic rings. The Morgan fingerprint density at radius 3 is 1.30 bits per heavy atom. The lowest BCUT2D eigenvalue weighted by atomic mass is 10.0. The molecule has 0 aromatic heterocycles. The molecule has 0 heterocycles. The molecule has 1 saturated carbocycles. The smallest absolute Gasteiger partial charge is 0.306 e. The largest absolute Gasteiger partial charge is 0.462 e. The van der Waals surface area contributed by atoms with Gasteiger partial charge in [-0.05, 0) is 115 Å². The average molecular weight is 869 g/mol. The van der Waals surface area contributed by atoms with Crippen LogP contribution in [-0.4, -0.2) is 69.4 Å². The predicted molar refractivity (Wildman–Crippen MR) is 255 cm³/mol. The van der Waals surface area contributed by atoms with Gasteiger partial charge in [0.2, 0.25) is 10.0 Å². The van der Waals surface area contributed by atoms with Crippen LogP contribution >= 0.6 is 0 Å². The van der Waals surface area contributed by atoms with Gasteiger partial charge < -0.3 is 14.4 Å². The molecule has 0 amide bonds. The van der Waals surface area contributed by atoms with Gasteiger partial charge in [0, 0.05) is 19.4 Å². The lowest BCUT2D eigenvalue weighted by Crippen LogP contribution is -2.32. The number of nitrogens with zero attached hydrogens (tertiary/aromatic N) is 1. The normalized spacial score (nSPS) is 13.7. The lowest BCUT2D eigenvalue weighted by Gasteiger charge is -2.22. The van der Waals surface area contributed by atoms with Crippen molar-refractivity contribution in [1.82, 2.24) is 9.62 Å². The highest BCUT2D eigenvalue weighted by molar-refractivity contribution is 7.89. The van der Waals surface area contributed by atoms with Gasteiger partial charge in [0.1, 0.15) is 12.2 Å². The number of ether oxygens (including phenoxy) is 2. The van der Waals surface area contributed by atoms with Crippen molar-refractivity contribution in [2.75, 3.05) is 31.9 Å². The fourth-order valence-corrected chi connectivity index (χ4v) is 9.87. The maximum atomic E-state index is 12.9. The zero-order valence-corrected chi connectivity index (χ0v) is 41.1. The second-order valence-corrected chi connectivity index (χ2v) is 20.5. The van der Waals surface area contributed by atoms with E-state index < -0.39 is 10.0 Å². The molecule has 0 saturated heterocycles. The fraction of sp³-hybridized carbons (Fsp3) is 0.961. The number of hydrogen-bond acceptors (Lipinski definition) is 7. The summed E-state index contributed by atoms with van der Waals surface area (Å²) in [6.07, 6.45) is 41.6.